The van der Waals surface area contributed by atoms with E-state index in [0.29, 0.717) is 16.4 Å². The average Bonchev–Trinajstić information content (AvgIpc) is 2.65. The van der Waals surface area contributed by atoms with Crippen LogP contribution in [0.4, 0.5) is 17.1 Å². The van der Waals surface area contributed by atoms with Gasteiger partial charge in [0.15, 0.2) is 0 Å². The Morgan fingerprint density at radius 3 is 2.16 bits per heavy atom. The van der Waals surface area contributed by atoms with Gasteiger partial charge in [-0.05, 0) is 60.7 Å². The van der Waals surface area contributed by atoms with Crippen LogP contribution in [0, 0.1) is 0 Å². The summed E-state index contributed by atoms with van der Waals surface area (Å²) in [7, 11) is 1.59. The molecule has 0 atom stereocenters. The number of carbonyl (C=O) groups excluding carboxylic acids is 1. The molecular formula is C19H16ClN3O2. The predicted octanol–water partition coefficient (Wildman–Crippen LogP) is 4.74. The maximum atomic E-state index is 12.2. The van der Waals surface area contributed by atoms with E-state index in [9.17, 15) is 4.79 Å². The number of methoxy groups -OCH3 is 1. The number of aromatic nitrogens is 1. The predicted molar refractivity (Wildman–Crippen MR) is 99.9 cm³/mol. The minimum atomic E-state index is -0.275. The molecule has 0 aliphatic carbocycles. The molecule has 2 N–H and O–H groups in total. The lowest BCUT2D eigenvalue weighted by atomic mass is 10.2. The van der Waals surface area contributed by atoms with E-state index in [1.54, 1.807) is 61.8 Å². The van der Waals surface area contributed by atoms with E-state index in [-0.39, 0.29) is 5.91 Å². The Kier molecular flexibility index (Phi) is 5.16. The summed E-state index contributed by atoms with van der Waals surface area (Å²) in [6.45, 7) is 0. The highest BCUT2D eigenvalue weighted by Gasteiger charge is 2.08. The van der Waals surface area contributed by atoms with E-state index in [2.05, 4.69) is 15.6 Å². The Morgan fingerprint density at radius 2 is 1.56 bits per heavy atom. The van der Waals surface area contributed by atoms with Crippen molar-refractivity contribution in [3.63, 3.8) is 0 Å². The molecule has 1 heterocycles. The van der Waals surface area contributed by atoms with Crippen molar-refractivity contribution in [1.82, 2.24) is 4.98 Å². The van der Waals surface area contributed by atoms with Gasteiger partial charge >= 0.3 is 0 Å². The van der Waals surface area contributed by atoms with Crippen molar-refractivity contribution in [2.24, 2.45) is 0 Å². The van der Waals surface area contributed by atoms with Crippen molar-refractivity contribution in [2.75, 3.05) is 17.7 Å². The van der Waals surface area contributed by atoms with Crippen molar-refractivity contribution in [3.05, 3.63) is 77.6 Å². The third kappa shape index (κ3) is 4.49. The van der Waals surface area contributed by atoms with Crippen LogP contribution in [-0.2, 0) is 0 Å². The summed E-state index contributed by atoms with van der Waals surface area (Å²) in [4.78, 5) is 16.4. The zero-order chi connectivity index (χ0) is 17.6. The maximum absolute atomic E-state index is 12.2. The molecule has 5 nitrogen and oxygen atoms in total. The molecule has 2 aromatic carbocycles. The molecule has 0 spiro atoms. The smallest absolute Gasteiger partial charge is 0.274 e. The van der Waals surface area contributed by atoms with Gasteiger partial charge in [0.25, 0.3) is 5.91 Å². The molecule has 0 fully saturated rings. The number of nitrogens with one attached hydrogen (secondary N) is 2. The van der Waals surface area contributed by atoms with Crippen LogP contribution in [0.1, 0.15) is 10.5 Å². The van der Waals surface area contributed by atoms with Crippen molar-refractivity contribution >= 4 is 34.6 Å². The van der Waals surface area contributed by atoms with E-state index in [1.807, 2.05) is 12.1 Å². The molecule has 6 heteroatoms. The van der Waals surface area contributed by atoms with Gasteiger partial charge in [-0.15, -0.1) is 0 Å². The van der Waals surface area contributed by atoms with Gasteiger partial charge < -0.3 is 15.4 Å². The van der Waals surface area contributed by atoms with Crippen molar-refractivity contribution < 1.29 is 9.53 Å². The minimum absolute atomic E-state index is 0.275. The highest BCUT2D eigenvalue weighted by Crippen LogP contribution is 2.19. The average molecular weight is 354 g/mol. The Labute approximate surface area is 150 Å². The van der Waals surface area contributed by atoms with E-state index < -0.39 is 0 Å². The number of nitrogens with zero attached hydrogens (tertiary/aromatic N) is 1. The van der Waals surface area contributed by atoms with Crippen LogP contribution in [0.15, 0.2) is 66.9 Å². The molecule has 0 aliphatic rings. The molecule has 0 radical (unpaired) electrons. The lowest BCUT2D eigenvalue weighted by Crippen LogP contribution is -2.13. The summed E-state index contributed by atoms with van der Waals surface area (Å²) in [5.74, 6) is 0.456. The first-order chi connectivity index (χ1) is 12.1. The van der Waals surface area contributed by atoms with Crippen LogP contribution in [0.5, 0.6) is 5.75 Å². The van der Waals surface area contributed by atoms with Gasteiger partial charge in [-0.25, -0.2) is 4.98 Å². The first-order valence-electron chi connectivity index (χ1n) is 7.58. The first-order valence-corrected chi connectivity index (χ1v) is 7.96. The highest BCUT2D eigenvalue weighted by atomic mass is 35.5. The minimum Gasteiger partial charge on any atom is -0.497 e. The molecule has 0 aliphatic heterocycles. The summed E-state index contributed by atoms with van der Waals surface area (Å²) in [5.41, 5.74) is 2.68. The standard InChI is InChI=1S/C19H16ClN3O2/c1-25-17-9-6-15(7-10-17)23-19(24)18-11-8-16(12-21-18)22-14-4-2-13(20)3-5-14/h2-12,22H,1H3,(H,23,24). The number of halogens is 1. The molecule has 3 rings (SSSR count). The largest absolute Gasteiger partial charge is 0.497 e. The quantitative estimate of drug-likeness (QED) is 0.695. The van der Waals surface area contributed by atoms with Gasteiger partial charge in [0.1, 0.15) is 11.4 Å². The SMILES string of the molecule is COc1ccc(NC(=O)c2ccc(Nc3ccc(Cl)cc3)cn2)cc1. The summed E-state index contributed by atoms with van der Waals surface area (Å²) in [6.07, 6.45) is 1.61. The fourth-order valence-corrected chi connectivity index (χ4v) is 2.30. The van der Waals surface area contributed by atoms with Gasteiger partial charge in [0.2, 0.25) is 0 Å². The molecular weight excluding hydrogens is 338 g/mol. The summed E-state index contributed by atoms with van der Waals surface area (Å²) >= 11 is 5.86. The molecule has 1 aromatic heterocycles. The number of amides is 1. The zero-order valence-electron chi connectivity index (χ0n) is 13.5. The molecule has 0 bridgehead atoms. The molecule has 0 saturated carbocycles. The zero-order valence-corrected chi connectivity index (χ0v) is 14.2. The van der Waals surface area contributed by atoms with Crippen LogP contribution in [-0.4, -0.2) is 18.0 Å². The lowest BCUT2D eigenvalue weighted by molar-refractivity contribution is 0.102. The summed E-state index contributed by atoms with van der Waals surface area (Å²) < 4.78 is 5.09. The van der Waals surface area contributed by atoms with Crippen molar-refractivity contribution in [2.45, 2.75) is 0 Å². The number of pyridine rings is 1. The Bertz CT molecular complexity index is 847. The van der Waals surface area contributed by atoms with Crippen LogP contribution in [0.3, 0.4) is 0 Å². The fraction of sp³-hybridized carbons (Fsp3) is 0.0526. The molecule has 3 aromatic rings. The molecule has 0 unspecified atom stereocenters. The van der Waals surface area contributed by atoms with Crippen LogP contribution in [0.25, 0.3) is 0 Å². The Hall–Kier alpha value is -3.05. The second-order valence-electron chi connectivity index (χ2n) is 5.25. The molecule has 1 amide bonds. The number of carbonyl (C=O) groups is 1. The van der Waals surface area contributed by atoms with Gasteiger partial charge in [-0.2, -0.15) is 0 Å². The number of anilines is 3. The van der Waals surface area contributed by atoms with Crippen molar-refractivity contribution in [3.8, 4) is 5.75 Å². The second-order valence-corrected chi connectivity index (χ2v) is 5.68. The van der Waals surface area contributed by atoms with Crippen LogP contribution < -0.4 is 15.4 Å². The number of benzene rings is 2. The van der Waals surface area contributed by atoms with E-state index >= 15 is 0 Å². The van der Waals surface area contributed by atoms with E-state index in [1.165, 1.54) is 0 Å². The fourth-order valence-electron chi connectivity index (χ4n) is 2.17. The van der Waals surface area contributed by atoms with Gasteiger partial charge in [-0.3, -0.25) is 4.79 Å². The number of rotatable bonds is 5. The third-order valence-electron chi connectivity index (χ3n) is 3.48. The van der Waals surface area contributed by atoms with Crippen LogP contribution in [0.2, 0.25) is 5.02 Å². The maximum Gasteiger partial charge on any atom is 0.274 e. The third-order valence-corrected chi connectivity index (χ3v) is 3.73. The van der Waals surface area contributed by atoms with Crippen molar-refractivity contribution in [1.29, 1.82) is 0 Å². The summed E-state index contributed by atoms with van der Waals surface area (Å²) in [6, 6.07) is 17.9. The molecule has 25 heavy (non-hydrogen) atoms. The van der Waals surface area contributed by atoms with E-state index in [0.717, 1.165) is 17.1 Å². The first kappa shape index (κ1) is 16.8. The lowest BCUT2D eigenvalue weighted by Gasteiger charge is -2.08. The number of hydrogen-bond acceptors (Lipinski definition) is 4. The normalized spacial score (nSPS) is 10.2. The molecule has 126 valence electrons. The van der Waals surface area contributed by atoms with Gasteiger partial charge in [-0.1, -0.05) is 11.6 Å². The number of ether oxygens (including phenoxy) is 1. The van der Waals surface area contributed by atoms with Gasteiger partial charge in [0, 0.05) is 16.4 Å². The van der Waals surface area contributed by atoms with Crippen LogP contribution >= 0.6 is 11.6 Å². The van der Waals surface area contributed by atoms with Gasteiger partial charge in [0.05, 0.1) is 19.0 Å². The number of hydrogen-bond donors (Lipinski definition) is 2. The topological polar surface area (TPSA) is 63.2 Å². The summed E-state index contributed by atoms with van der Waals surface area (Å²) in [5, 5.41) is 6.66. The van der Waals surface area contributed by atoms with E-state index in [4.69, 9.17) is 16.3 Å². The molecule has 0 saturated heterocycles. The second kappa shape index (κ2) is 7.68. The Balaban J connectivity index is 1.64. The Morgan fingerprint density at radius 1 is 0.920 bits per heavy atom. The highest BCUT2D eigenvalue weighted by molar-refractivity contribution is 6.30. The monoisotopic (exact) mass is 353 g/mol.